The lowest BCUT2D eigenvalue weighted by Crippen LogP contribution is -2.19. The molecule has 0 saturated carbocycles. The van der Waals surface area contributed by atoms with Crippen molar-refractivity contribution < 1.29 is 0 Å². The molecular weight excluding hydrogens is 242 g/mol. The fraction of sp³-hybridized carbons (Fsp3) is 0.500. The molecule has 18 heavy (non-hydrogen) atoms. The number of thiophene rings is 1. The van der Waals surface area contributed by atoms with Crippen LogP contribution in [0.4, 0.5) is 0 Å². The molecule has 0 saturated heterocycles. The van der Waals surface area contributed by atoms with Gasteiger partial charge >= 0.3 is 0 Å². The Morgan fingerprint density at radius 1 is 1.39 bits per heavy atom. The van der Waals surface area contributed by atoms with Gasteiger partial charge in [0.05, 0.1) is 5.69 Å². The third-order valence-corrected chi connectivity index (χ3v) is 4.01. The lowest BCUT2D eigenvalue weighted by Gasteiger charge is -2.15. The van der Waals surface area contributed by atoms with E-state index in [1.54, 1.807) is 11.3 Å². The summed E-state index contributed by atoms with van der Waals surface area (Å²) in [6, 6.07) is 2.20. The molecule has 2 rings (SSSR count). The van der Waals surface area contributed by atoms with Gasteiger partial charge in [-0.15, -0.1) is 0 Å². The standard InChI is InChI=1S/C14H21N3S/c1-11-14(12(2)16-15-11)5-4-7-17(3)9-13-6-8-18-10-13/h6,8,10H,4-5,7,9H2,1-3H3,(H,15,16). The minimum absolute atomic E-state index is 1.05. The summed E-state index contributed by atoms with van der Waals surface area (Å²) in [6.07, 6.45) is 2.30. The van der Waals surface area contributed by atoms with Gasteiger partial charge < -0.3 is 4.90 Å². The van der Waals surface area contributed by atoms with Gasteiger partial charge in [0.1, 0.15) is 0 Å². The Morgan fingerprint density at radius 3 is 2.83 bits per heavy atom. The number of aromatic nitrogens is 2. The highest BCUT2D eigenvalue weighted by atomic mass is 32.1. The van der Waals surface area contributed by atoms with E-state index >= 15 is 0 Å². The van der Waals surface area contributed by atoms with Gasteiger partial charge in [-0.25, -0.2) is 0 Å². The zero-order valence-corrected chi connectivity index (χ0v) is 12.2. The van der Waals surface area contributed by atoms with Gasteiger partial charge in [-0.1, -0.05) is 0 Å². The van der Waals surface area contributed by atoms with E-state index in [4.69, 9.17) is 0 Å². The maximum absolute atomic E-state index is 4.24. The van der Waals surface area contributed by atoms with Crippen LogP contribution in [0.15, 0.2) is 16.8 Å². The van der Waals surface area contributed by atoms with Crippen LogP contribution in [0.5, 0.6) is 0 Å². The van der Waals surface area contributed by atoms with Crippen molar-refractivity contribution >= 4 is 11.3 Å². The van der Waals surface area contributed by atoms with E-state index in [0.717, 1.165) is 25.2 Å². The van der Waals surface area contributed by atoms with E-state index in [2.05, 4.69) is 52.8 Å². The Kier molecular flexibility index (Phi) is 4.55. The van der Waals surface area contributed by atoms with E-state index in [1.165, 1.54) is 23.2 Å². The average Bonchev–Trinajstić information content (AvgIpc) is 2.93. The summed E-state index contributed by atoms with van der Waals surface area (Å²) in [4.78, 5) is 2.38. The van der Waals surface area contributed by atoms with E-state index < -0.39 is 0 Å². The lowest BCUT2D eigenvalue weighted by atomic mass is 10.1. The predicted octanol–water partition coefficient (Wildman–Crippen LogP) is 3.15. The van der Waals surface area contributed by atoms with Crippen LogP contribution in [0.1, 0.15) is 28.9 Å². The van der Waals surface area contributed by atoms with Gasteiger partial charge in [0.15, 0.2) is 0 Å². The zero-order valence-electron chi connectivity index (χ0n) is 11.4. The van der Waals surface area contributed by atoms with Gasteiger partial charge in [0.2, 0.25) is 0 Å². The van der Waals surface area contributed by atoms with Gasteiger partial charge in [-0.2, -0.15) is 16.4 Å². The van der Waals surface area contributed by atoms with E-state index in [-0.39, 0.29) is 0 Å². The van der Waals surface area contributed by atoms with E-state index in [9.17, 15) is 0 Å². The first-order valence-electron chi connectivity index (χ1n) is 6.37. The topological polar surface area (TPSA) is 31.9 Å². The van der Waals surface area contributed by atoms with Crippen LogP contribution >= 0.6 is 11.3 Å². The van der Waals surface area contributed by atoms with Crippen molar-refractivity contribution in [2.45, 2.75) is 33.2 Å². The SMILES string of the molecule is Cc1n[nH]c(C)c1CCCN(C)Cc1ccsc1. The predicted molar refractivity (Wildman–Crippen MR) is 77.0 cm³/mol. The van der Waals surface area contributed by atoms with E-state index in [1.807, 2.05) is 0 Å². The molecule has 0 atom stereocenters. The lowest BCUT2D eigenvalue weighted by molar-refractivity contribution is 0.322. The minimum Gasteiger partial charge on any atom is -0.302 e. The third-order valence-electron chi connectivity index (χ3n) is 3.28. The van der Waals surface area contributed by atoms with Crippen LogP contribution in [0, 0.1) is 13.8 Å². The number of aromatic amines is 1. The molecule has 0 amide bonds. The fourth-order valence-electron chi connectivity index (χ4n) is 2.24. The summed E-state index contributed by atoms with van der Waals surface area (Å²) in [5.74, 6) is 0. The summed E-state index contributed by atoms with van der Waals surface area (Å²) >= 11 is 1.77. The quantitative estimate of drug-likeness (QED) is 0.868. The smallest absolute Gasteiger partial charge is 0.0625 e. The van der Waals surface area contributed by atoms with Crippen molar-refractivity contribution in [2.75, 3.05) is 13.6 Å². The summed E-state index contributed by atoms with van der Waals surface area (Å²) in [6.45, 7) is 6.35. The number of hydrogen-bond donors (Lipinski definition) is 1. The van der Waals surface area contributed by atoms with Crippen LogP contribution in [-0.2, 0) is 13.0 Å². The highest BCUT2D eigenvalue weighted by Crippen LogP contribution is 2.13. The molecule has 0 aliphatic carbocycles. The summed E-state index contributed by atoms with van der Waals surface area (Å²) < 4.78 is 0. The molecule has 0 unspecified atom stereocenters. The highest BCUT2D eigenvalue weighted by Gasteiger charge is 2.07. The molecule has 2 aromatic heterocycles. The second kappa shape index (κ2) is 6.16. The first-order chi connectivity index (χ1) is 8.66. The number of nitrogens with one attached hydrogen (secondary N) is 1. The average molecular weight is 263 g/mol. The van der Waals surface area contributed by atoms with Crippen LogP contribution < -0.4 is 0 Å². The molecule has 0 aliphatic heterocycles. The maximum atomic E-state index is 4.24. The third kappa shape index (κ3) is 3.43. The Morgan fingerprint density at radius 2 is 2.22 bits per heavy atom. The number of H-pyrrole nitrogens is 1. The second-order valence-corrected chi connectivity index (χ2v) is 5.67. The molecule has 2 heterocycles. The number of rotatable bonds is 6. The van der Waals surface area contributed by atoms with Crippen molar-refractivity contribution in [1.29, 1.82) is 0 Å². The van der Waals surface area contributed by atoms with Gasteiger partial charge in [0, 0.05) is 12.2 Å². The van der Waals surface area contributed by atoms with Crippen LogP contribution in [0.3, 0.4) is 0 Å². The maximum Gasteiger partial charge on any atom is 0.0625 e. The van der Waals surface area contributed by atoms with Crippen molar-refractivity contribution in [3.8, 4) is 0 Å². The van der Waals surface area contributed by atoms with Crippen LogP contribution in [-0.4, -0.2) is 28.7 Å². The Labute approximate surface area is 113 Å². The van der Waals surface area contributed by atoms with Gasteiger partial charge in [-0.3, -0.25) is 5.10 Å². The molecule has 3 nitrogen and oxygen atoms in total. The van der Waals surface area contributed by atoms with Crippen molar-refractivity contribution in [3.05, 3.63) is 39.3 Å². The highest BCUT2D eigenvalue weighted by molar-refractivity contribution is 7.07. The van der Waals surface area contributed by atoms with Crippen molar-refractivity contribution in [3.63, 3.8) is 0 Å². The number of hydrogen-bond acceptors (Lipinski definition) is 3. The normalized spacial score (nSPS) is 11.3. The van der Waals surface area contributed by atoms with Crippen molar-refractivity contribution in [2.24, 2.45) is 0 Å². The second-order valence-electron chi connectivity index (χ2n) is 4.89. The molecule has 0 radical (unpaired) electrons. The summed E-state index contributed by atoms with van der Waals surface area (Å²) in [5.41, 5.74) is 5.16. The molecule has 0 fully saturated rings. The first-order valence-corrected chi connectivity index (χ1v) is 7.31. The molecule has 2 aromatic rings. The molecule has 0 spiro atoms. The molecule has 0 aromatic carbocycles. The molecule has 98 valence electrons. The molecule has 4 heteroatoms. The first kappa shape index (κ1) is 13.3. The van der Waals surface area contributed by atoms with Crippen molar-refractivity contribution in [1.82, 2.24) is 15.1 Å². The summed E-state index contributed by atoms with van der Waals surface area (Å²) in [5, 5.41) is 11.7. The van der Waals surface area contributed by atoms with E-state index in [0.29, 0.717) is 0 Å². The Balaban J connectivity index is 1.75. The largest absolute Gasteiger partial charge is 0.302 e. The van der Waals surface area contributed by atoms with Crippen LogP contribution in [0.2, 0.25) is 0 Å². The van der Waals surface area contributed by atoms with Gasteiger partial charge in [-0.05, 0) is 68.2 Å². The Bertz CT molecular complexity index is 454. The molecule has 1 N–H and O–H groups in total. The molecular formula is C14H21N3S. The summed E-state index contributed by atoms with van der Waals surface area (Å²) in [7, 11) is 2.19. The zero-order chi connectivity index (χ0) is 13.0. The Hall–Kier alpha value is -1.13. The van der Waals surface area contributed by atoms with Crippen LogP contribution in [0.25, 0.3) is 0 Å². The monoisotopic (exact) mass is 263 g/mol. The number of nitrogens with zero attached hydrogens (tertiary/aromatic N) is 2. The molecule has 0 aliphatic rings. The van der Waals surface area contributed by atoms with Gasteiger partial charge in [0.25, 0.3) is 0 Å². The molecule has 0 bridgehead atoms. The number of aryl methyl sites for hydroxylation is 2. The minimum atomic E-state index is 1.05. The fourth-order valence-corrected chi connectivity index (χ4v) is 2.90.